The first kappa shape index (κ1) is 30.3. The number of rotatable bonds is 10. The molecule has 1 aliphatic heterocycles. The Hall–Kier alpha value is -3.28. The van der Waals surface area contributed by atoms with Crippen LogP contribution in [0.4, 0.5) is 10.5 Å². The number of urea groups is 1. The van der Waals surface area contributed by atoms with Gasteiger partial charge in [-0.15, -0.1) is 0 Å². The van der Waals surface area contributed by atoms with Gasteiger partial charge in [-0.05, 0) is 73.3 Å². The summed E-state index contributed by atoms with van der Waals surface area (Å²) in [6.07, 6.45) is 5.54. The molecule has 1 N–H and O–H groups in total. The lowest BCUT2D eigenvalue weighted by Crippen LogP contribution is -2.44. The number of piperidine rings is 1. The van der Waals surface area contributed by atoms with Crippen molar-refractivity contribution in [1.29, 1.82) is 0 Å². The topological polar surface area (TPSA) is 61.9 Å². The Morgan fingerprint density at radius 1 is 1.08 bits per heavy atom. The van der Waals surface area contributed by atoms with Gasteiger partial charge in [0.25, 0.3) is 0 Å². The first-order valence-electron chi connectivity index (χ1n) is 14.2. The fraction of sp³-hybridized carbons (Fsp3) is 0.515. The first-order valence-corrected chi connectivity index (χ1v) is 14.2. The van der Waals surface area contributed by atoms with Crippen molar-refractivity contribution in [2.24, 2.45) is 17.3 Å². The molecule has 39 heavy (non-hydrogen) atoms. The summed E-state index contributed by atoms with van der Waals surface area (Å²) in [6, 6.07) is 17.6. The van der Waals surface area contributed by atoms with Crippen LogP contribution in [0.5, 0.6) is 5.75 Å². The van der Waals surface area contributed by atoms with Gasteiger partial charge in [0.05, 0.1) is 7.11 Å². The number of anilines is 1. The number of amides is 3. The van der Waals surface area contributed by atoms with E-state index in [0.29, 0.717) is 37.9 Å². The van der Waals surface area contributed by atoms with E-state index >= 15 is 0 Å². The molecule has 1 fully saturated rings. The maximum atomic E-state index is 13.5. The molecule has 1 heterocycles. The second-order valence-corrected chi connectivity index (χ2v) is 12.3. The van der Waals surface area contributed by atoms with Crippen molar-refractivity contribution in [3.8, 4) is 5.75 Å². The molecule has 0 radical (unpaired) electrons. The largest absolute Gasteiger partial charge is 0.497 e. The Bertz CT molecular complexity index is 1080. The fourth-order valence-electron chi connectivity index (χ4n) is 5.49. The van der Waals surface area contributed by atoms with Crippen LogP contribution in [0.25, 0.3) is 6.08 Å². The number of methoxy groups -OCH3 is 1. The van der Waals surface area contributed by atoms with Gasteiger partial charge in [0.15, 0.2) is 0 Å². The number of benzene rings is 2. The molecule has 0 bridgehead atoms. The summed E-state index contributed by atoms with van der Waals surface area (Å²) in [5, 5.41) is 2.99. The lowest BCUT2D eigenvalue weighted by Gasteiger charge is -2.35. The Morgan fingerprint density at radius 2 is 1.72 bits per heavy atom. The van der Waals surface area contributed by atoms with Gasteiger partial charge < -0.3 is 19.9 Å². The van der Waals surface area contributed by atoms with Crippen molar-refractivity contribution < 1.29 is 14.3 Å². The van der Waals surface area contributed by atoms with Gasteiger partial charge >= 0.3 is 6.03 Å². The van der Waals surface area contributed by atoms with Crippen molar-refractivity contribution >= 4 is 23.7 Å². The zero-order valence-electron chi connectivity index (χ0n) is 24.7. The molecule has 0 aromatic heterocycles. The molecule has 1 atom stereocenters. The van der Waals surface area contributed by atoms with E-state index in [-0.39, 0.29) is 17.4 Å². The lowest BCUT2D eigenvalue weighted by molar-refractivity contribution is -0.132. The molecule has 2 aromatic carbocycles. The van der Waals surface area contributed by atoms with Crippen molar-refractivity contribution in [3.05, 3.63) is 65.7 Å². The summed E-state index contributed by atoms with van der Waals surface area (Å²) in [6.45, 7) is 13.7. The first-order chi connectivity index (χ1) is 18.5. The van der Waals surface area contributed by atoms with Gasteiger partial charge in [-0.1, -0.05) is 69.7 Å². The minimum atomic E-state index is -0.0795. The van der Waals surface area contributed by atoms with E-state index in [0.717, 1.165) is 42.8 Å². The molecule has 2 aromatic rings. The normalized spacial score (nSPS) is 15.5. The van der Waals surface area contributed by atoms with Crippen LogP contribution in [-0.2, 0) is 4.79 Å². The molecule has 3 rings (SSSR count). The van der Waals surface area contributed by atoms with Gasteiger partial charge in [0, 0.05) is 38.3 Å². The monoisotopic (exact) mass is 533 g/mol. The standard InChI is InChI=1S/C33H47N3O3/c1-25(22-33(3,4)5)21-31(37)36(23-26(2)20-27-10-8-7-9-11-27)24-28-16-18-35(19-17-28)32(38)34-29-12-14-30(39-6)15-13-29/h7-15,20,25,28H,16-19,21-24H2,1-6H3,(H,34,38). The van der Waals surface area contributed by atoms with Crippen LogP contribution in [0.2, 0.25) is 0 Å². The number of nitrogens with one attached hydrogen (secondary N) is 1. The average molecular weight is 534 g/mol. The van der Waals surface area contributed by atoms with Crippen LogP contribution in [0.3, 0.4) is 0 Å². The number of likely N-dealkylation sites (tertiary alicyclic amines) is 1. The molecule has 0 spiro atoms. The summed E-state index contributed by atoms with van der Waals surface area (Å²) >= 11 is 0. The van der Waals surface area contributed by atoms with Crippen molar-refractivity contribution in [2.75, 3.05) is 38.6 Å². The number of ether oxygens (including phenoxy) is 1. The van der Waals surface area contributed by atoms with Crippen LogP contribution >= 0.6 is 0 Å². The quantitative estimate of drug-likeness (QED) is 0.348. The highest BCUT2D eigenvalue weighted by Gasteiger charge is 2.27. The summed E-state index contributed by atoms with van der Waals surface area (Å²) < 4.78 is 5.19. The highest BCUT2D eigenvalue weighted by Crippen LogP contribution is 2.27. The van der Waals surface area contributed by atoms with Gasteiger partial charge in [0.2, 0.25) is 5.91 Å². The summed E-state index contributed by atoms with van der Waals surface area (Å²) in [4.78, 5) is 30.3. The fourth-order valence-corrected chi connectivity index (χ4v) is 5.49. The number of carbonyl (C=O) groups is 2. The highest BCUT2D eigenvalue weighted by molar-refractivity contribution is 5.89. The number of hydrogen-bond donors (Lipinski definition) is 1. The third-order valence-corrected chi connectivity index (χ3v) is 7.21. The van der Waals surface area contributed by atoms with Crippen molar-refractivity contribution in [1.82, 2.24) is 9.80 Å². The Kier molecular flexibility index (Phi) is 11.0. The molecule has 1 aliphatic rings. The smallest absolute Gasteiger partial charge is 0.321 e. The van der Waals surface area contributed by atoms with Gasteiger partial charge in [-0.25, -0.2) is 4.79 Å². The van der Waals surface area contributed by atoms with Crippen LogP contribution in [0.1, 0.15) is 65.9 Å². The Balaban J connectivity index is 1.60. The van der Waals surface area contributed by atoms with Gasteiger partial charge in [0.1, 0.15) is 5.75 Å². The van der Waals surface area contributed by atoms with E-state index in [1.165, 1.54) is 5.57 Å². The predicted octanol–water partition coefficient (Wildman–Crippen LogP) is 7.33. The van der Waals surface area contributed by atoms with Crippen LogP contribution in [-0.4, -0.2) is 55.0 Å². The lowest BCUT2D eigenvalue weighted by atomic mass is 9.84. The van der Waals surface area contributed by atoms with E-state index in [1.807, 2.05) is 47.4 Å². The van der Waals surface area contributed by atoms with Crippen molar-refractivity contribution in [3.63, 3.8) is 0 Å². The summed E-state index contributed by atoms with van der Waals surface area (Å²) in [7, 11) is 1.62. The molecule has 0 aliphatic carbocycles. The minimum absolute atomic E-state index is 0.0795. The van der Waals surface area contributed by atoms with E-state index in [2.05, 4.69) is 63.0 Å². The zero-order valence-corrected chi connectivity index (χ0v) is 24.7. The number of nitrogens with zero attached hydrogens (tertiary/aromatic N) is 2. The molecular weight excluding hydrogens is 486 g/mol. The second kappa shape index (κ2) is 14.2. The molecule has 1 saturated heterocycles. The van der Waals surface area contributed by atoms with E-state index in [4.69, 9.17) is 4.74 Å². The van der Waals surface area contributed by atoms with Crippen LogP contribution in [0.15, 0.2) is 60.2 Å². The third kappa shape index (κ3) is 10.4. The molecular formula is C33H47N3O3. The van der Waals surface area contributed by atoms with E-state index in [9.17, 15) is 9.59 Å². The van der Waals surface area contributed by atoms with Crippen molar-refractivity contribution in [2.45, 2.75) is 60.3 Å². The SMILES string of the molecule is COc1ccc(NC(=O)N2CCC(CN(CC(C)=Cc3ccccc3)C(=O)CC(C)CC(C)(C)C)CC2)cc1. The molecule has 1 unspecified atom stereocenters. The van der Waals surface area contributed by atoms with E-state index in [1.54, 1.807) is 7.11 Å². The Morgan fingerprint density at radius 3 is 2.31 bits per heavy atom. The summed E-state index contributed by atoms with van der Waals surface area (Å²) in [5.74, 6) is 1.70. The zero-order chi connectivity index (χ0) is 28.4. The van der Waals surface area contributed by atoms with E-state index < -0.39 is 0 Å². The maximum Gasteiger partial charge on any atom is 0.321 e. The summed E-state index contributed by atoms with van der Waals surface area (Å²) in [5.41, 5.74) is 3.28. The van der Waals surface area contributed by atoms with Crippen LogP contribution in [0, 0.1) is 17.3 Å². The third-order valence-electron chi connectivity index (χ3n) is 7.21. The maximum absolute atomic E-state index is 13.5. The molecule has 212 valence electrons. The van der Waals surface area contributed by atoms with Gasteiger partial charge in [-0.2, -0.15) is 0 Å². The average Bonchev–Trinajstić information content (AvgIpc) is 2.88. The number of hydrogen-bond acceptors (Lipinski definition) is 3. The molecule has 6 heteroatoms. The molecule has 3 amide bonds. The molecule has 6 nitrogen and oxygen atoms in total. The Labute approximate surface area is 235 Å². The predicted molar refractivity (Wildman–Crippen MR) is 161 cm³/mol. The van der Waals surface area contributed by atoms with Gasteiger partial charge in [-0.3, -0.25) is 4.79 Å². The number of carbonyl (C=O) groups excluding carboxylic acids is 2. The highest BCUT2D eigenvalue weighted by atomic mass is 16.5. The van der Waals surface area contributed by atoms with Crippen LogP contribution < -0.4 is 10.1 Å². The molecule has 0 saturated carbocycles. The second-order valence-electron chi connectivity index (χ2n) is 12.3. The minimum Gasteiger partial charge on any atom is -0.497 e.